The summed E-state index contributed by atoms with van der Waals surface area (Å²) in [5, 5.41) is 1.20. The van der Waals surface area contributed by atoms with Crippen molar-refractivity contribution in [2.45, 2.75) is 30.6 Å². The molecule has 34 heavy (non-hydrogen) atoms. The van der Waals surface area contributed by atoms with Gasteiger partial charge in [0.25, 0.3) is 0 Å². The number of fused-ring (bicyclic) bond motifs is 2. The number of H-pyrrole nitrogens is 1. The normalized spacial score (nSPS) is 17.0. The van der Waals surface area contributed by atoms with Crippen molar-refractivity contribution >= 4 is 26.8 Å². The van der Waals surface area contributed by atoms with E-state index < -0.39 is 10.0 Å². The fourth-order valence-corrected chi connectivity index (χ4v) is 6.00. The molecule has 3 heterocycles. The number of aromatic amines is 1. The van der Waals surface area contributed by atoms with Crippen LogP contribution in [-0.4, -0.2) is 67.9 Å². The predicted octanol–water partition coefficient (Wildman–Crippen LogP) is 3.19. The number of nitrogens with zero attached hydrogens (tertiary/aromatic N) is 2. The van der Waals surface area contributed by atoms with E-state index in [2.05, 4.69) is 11.1 Å². The number of amides is 1. The van der Waals surface area contributed by atoms with E-state index in [1.54, 1.807) is 17.0 Å². The summed E-state index contributed by atoms with van der Waals surface area (Å²) in [5.74, 6) is 1.11. The van der Waals surface area contributed by atoms with E-state index in [0.717, 1.165) is 24.8 Å². The minimum atomic E-state index is -3.67. The maximum absolute atomic E-state index is 13.2. The highest BCUT2D eigenvalue weighted by atomic mass is 32.2. The lowest BCUT2D eigenvalue weighted by molar-refractivity contribution is -0.132. The topological polar surface area (TPSA) is 91.9 Å². The molecule has 2 aliphatic rings. The summed E-state index contributed by atoms with van der Waals surface area (Å²) in [4.78, 5) is 18.0. The quantitative estimate of drug-likeness (QED) is 0.581. The van der Waals surface area contributed by atoms with Crippen LogP contribution in [0.3, 0.4) is 0 Å². The molecule has 1 N–H and O–H groups in total. The first-order chi connectivity index (χ1) is 16.5. The predicted molar refractivity (Wildman–Crippen MR) is 129 cm³/mol. The fraction of sp³-hybridized carbons (Fsp3) is 0.400. The summed E-state index contributed by atoms with van der Waals surface area (Å²) in [7, 11) is -3.67. The van der Waals surface area contributed by atoms with Gasteiger partial charge in [0.1, 0.15) is 0 Å². The number of rotatable bonds is 6. The number of ether oxygens (including phenoxy) is 2. The molecule has 0 bridgehead atoms. The highest BCUT2D eigenvalue weighted by molar-refractivity contribution is 7.89. The van der Waals surface area contributed by atoms with Crippen LogP contribution in [0.5, 0.6) is 11.5 Å². The number of hydrogen-bond acceptors (Lipinski definition) is 5. The number of hydrogen-bond donors (Lipinski definition) is 1. The lowest BCUT2D eigenvalue weighted by atomic mass is 10.1. The van der Waals surface area contributed by atoms with E-state index >= 15 is 0 Å². The number of carbonyl (C=O) groups is 1. The second-order valence-electron chi connectivity index (χ2n) is 8.66. The minimum absolute atomic E-state index is 0.0764. The van der Waals surface area contributed by atoms with Crippen molar-refractivity contribution in [3.05, 3.63) is 54.2 Å². The Morgan fingerprint density at radius 3 is 2.56 bits per heavy atom. The summed E-state index contributed by atoms with van der Waals surface area (Å²) in [6, 6.07) is 12.9. The Bertz CT molecular complexity index is 1280. The van der Waals surface area contributed by atoms with Gasteiger partial charge in [0, 0.05) is 62.2 Å². The molecule has 9 heteroatoms. The van der Waals surface area contributed by atoms with Crippen LogP contribution in [0, 0.1) is 0 Å². The van der Waals surface area contributed by atoms with Crippen molar-refractivity contribution in [3.63, 3.8) is 0 Å². The Labute approximate surface area is 199 Å². The third kappa shape index (κ3) is 4.63. The number of benzene rings is 2. The van der Waals surface area contributed by atoms with Crippen LogP contribution >= 0.6 is 0 Å². The van der Waals surface area contributed by atoms with E-state index in [9.17, 15) is 13.2 Å². The fourth-order valence-electron chi connectivity index (χ4n) is 4.56. The molecule has 0 saturated carbocycles. The molecule has 0 atom stereocenters. The Balaban J connectivity index is 1.15. The first-order valence-electron chi connectivity index (χ1n) is 11.7. The van der Waals surface area contributed by atoms with Gasteiger partial charge in [-0.3, -0.25) is 4.79 Å². The lowest BCUT2D eigenvalue weighted by Crippen LogP contribution is -2.50. The molecular formula is C25H29N3O5S. The van der Waals surface area contributed by atoms with Crippen LogP contribution in [0.4, 0.5) is 0 Å². The number of nitrogens with one attached hydrogen (secondary N) is 1. The van der Waals surface area contributed by atoms with E-state index in [0.29, 0.717) is 44.2 Å². The Kier molecular flexibility index (Phi) is 6.47. The molecule has 1 fully saturated rings. The molecular weight excluding hydrogens is 454 g/mol. The van der Waals surface area contributed by atoms with E-state index in [-0.39, 0.29) is 23.9 Å². The van der Waals surface area contributed by atoms with Crippen molar-refractivity contribution in [3.8, 4) is 11.5 Å². The van der Waals surface area contributed by atoms with Gasteiger partial charge in [-0.25, -0.2) is 8.42 Å². The maximum Gasteiger partial charge on any atom is 0.243 e. The minimum Gasteiger partial charge on any atom is -0.490 e. The molecule has 1 aromatic heterocycles. The Morgan fingerprint density at radius 1 is 0.971 bits per heavy atom. The highest BCUT2D eigenvalue weighted by Gasteiger charge is 2.31. The second-order valence-corrected chi connectivity index (χ2v) is 10.6. The molecule has 3 aromatic rings. The van der Waals surface area contributed by atoms with Gasteiger partial charge in [0.15, 0.2) is 11.5 Å². The molecule has 180 valence electrons. The van der Waals surface area contributed by atoms with Gasteiger partial charge >= 0.3 is 0 Å². The van der Waals surface area contributed by atoms with Crippen LogP contribution in [0.1, 0.15) is 24.8 Å². The zero-order chi connectivity index (χ0) is 23.5. The largest absolute Gasteiger partial charge is 0.490 e. The number of aryl methyl sites for hydroxylation is 1. The molecule has 0 aliphatic carbocycles. The molecule has 2 aromatic carbocycles. The summed E-state index contributed by atoms with van der Waals surface area (Å²) in [5.41, 5.74) is 2.32. The summed E-state index contributed by atoms with van der Waals surface area (Å²) < 4.78 is 39.0. The van der Waals surface area contributed by atoms with Gasteiger partial charge in [-0.05, 0) is 36.6 Å². The third-order valence-electron chi connectivity index (χ3n) is 6.46. The average Bonchev–Trinajstić information content (AvgIpc) is 3.12. The molecule has 1 saturated heterocycles. The highest BCUT2D eigenvalue weighted by Crippen LogP contribution is 2.33. The van der Waals surface area contributed by atoms with Gasteiger partial charge in [0.2, 0.25) is 15.9 Å². The second kappa shape index (κ2) is 9.68. The SMILES string of the molecule is O=C(CCCc1c[nH]c2ccccc12)N1CCN(S(=O)(=O)c2ccc3c(c2)OCCCO3)CC1. The maximum atomic E-state index is 13.2. The summed E-state index contributed by atoms with van der Waals surface area (Å²) in [6.07, 6.45) is 4.81. The van der Waals surface area contributed by atoms with Crippen molar-refractivity contribution in [2.75, 3.05) is 39.4 Å². The Hall–Kier alpha value is -3.04. The number of aromatic nitrogens is 1. The van der Waals surface area contributed by atoms with Gasteiger partial charge in [-0.1, -0.05) is 18.2 Å². The van der Waals surface area contributed by atoms with E-state index in [1.807, 2.05) is 24.4 Å². The van der Waals surface area contributed by atoms with Crippen molar-refractivity contribution in [2.24, 2.45) is 0 Å². The summed E-state index contributed by atoms with van der Waals surface area (Å²) in [6.45, 7) is 2.41. The molecule has 8 nitrogen and oxygen atoms in total. The molecule has 1 amide bonds. The molecule has 0 spiro atoms. The first-order valence-corrected chi connectivity index (χ1v) is 13.2. The molecule has 5 rings (SSSR count). The molecule has 0 radical (unpaired) electrons. The van der Waals surface area contributed by atoms with Crippen LogP contribution in [0.25, 0.3) is 10.9 Å². The van der Waals surface area contributed by atoms with Gasteiger partial charge in [-0.15, -0.1) is 0 Å². The third-order valence-corrected chi connectivity index (χ3v) is 8.35. The first kappa shape index (κ1) is 22.7. The number of carbonyl (C=O) groups excluding carboxylic acids is 1. The van der Waals surface area contributed by atoms with Crippen LogP contribution in [0.15, 0.2) is 53.6 Å². The van der Waals surface area contributed by atoms with Gasteiger partial charge < -0.3 is 19.4 Å². The van der Waals surface area contributed by atoms with Gasteiger partial charge in [0.05, 0.1) is 18.1 Å². The lowest BCUT2D eigenvalue weighted by Gasteiger charge is -2.34. The van der Waals surface area contributed by atoms with Crippen molar-refractivity contribution in [1.82, 2.24) is 14.2 Å². The van der Waals surface area contributed by atoms with E-state index in [4.69, 9.17) is 9.47 Å². The van der Waals surface area contributed by atoms with Crippen LogP contribution in [0.2, 0.25) is 0 Å². The number of sulfonamides is 1. The summed E-state index contributed by atoms with van der Waals surface area (Å²) >= 11 is 0. The van der Waals surface area contributed by atoms with Crippen molar-refractivity contribution < 1.29 is 22.7 Å². The number of piperazine rings is 1. The number of para-hydroxylation sites is 1. The zero-order valence-electron chi connectivity index (χ0n) is 19.0. The molecule has 0 unspecified atom stereocenters. The van der Waals surface area contributed by atoms with Crippen LogP contribution < -0.4 is 9.47 Å². The standard InChI is InChI=1S/C25H29N3O5S/c29-25(8-3-5-19-18-26-22-7-2-1-6-21(19)22)27-11-13-28(14-12-27)34(30,31)20-9-10-23-24(17-20)33-16-4-15-32-23/h1-2,6-7,9-10,17-18,26H,3-5,8,11-16H2. The monoisotopic (exact) mass is 483 g/mol. The Morgan fingerprint density at radius 2 is 1.74 bits per heavy atom. The van der Waals surface area contributed by atoms with E-state index in [1.165, 1.54) is 21.3 Å². The van der Waals surface area contributed by atoms with Crippen LogP contribution in [-0.2, 0) is 21.2 Å². The smallest absolute Gasteiger partial charge is 0.243 e. The van der Waals surface area contributed by atoms with Crippen molar-refractivity contribution in [1.29, 1.82) is 0 Å². The average molecular weight is 484 g/mol. The molecule has 2 aliphatic heterocycles. The zero-order valence-corrected chi connectivity index (χ0v) is 19.9. The van der Waals surface area contributed by atoms with Gasteiger partial charge in [-0.2, -0.15) is 4.31 Å².